The molecule has 0 saturated carbocycles. The second-order valence-corrected chi connectivity index (χ2v) is 6.30. The Morgan fingerprint density at radius 2 is 2.00 bits per heavy atom. The van der Waals surface area contributed by atoms with Gasteiger partial charge in [-0.1, -0.05) is 0 Å². The van der Waals surface area contributed by atoms with Crippen molar-refractivity contribution in [3.05, 3.63) is 17.8 Å². The van der Waals surface area contributed by atoms with Crippen LogP contribution in [0.2, 0.25) is 0 Å². The predicted molar refractivity (Wildman–Crippen MR) is 61.5 cm³/mol. The molecule has 1 N–H and O–H groups in total. The predicted octanol–water partition coefficient (Wildman–Crippen LogP) is 0.330. The van der Waals surface area contributed by atoms with Crippen molar-refractivity contribution in [2.24, 2.45) is 0 Å². The van der Waals surface area contributed by atoms with E-state index in [9.17, 15) is 13.5 Å². The maximum Gasteiger partial charge on any atom is 0.171 e. The summed E-state index contributed by atoms with van der Waals surface area (Å²) in [6.45, 7) is 2.63. The number of aromatic nitrogens is 1. The van der Waals surface area contributed by atoms with E-state index in [2.05, 4.69) is 4.98 Å². The van der Waals surface area contributed by atoms with Gasteiger partial charge in [0.15, 0.2) is 21.4 Å². The van der Waals surface area contributed by atoms with Crippen molar-refractivity contribution in [1.29, 1.82) is 0 Å². The first-order valence-electron chi connectivity index (χ1n) is 5.09. The first-order valence-corrected chi connectivity index (χ1v) is 6.91. The zero-order valence-electron chi connectivity index (χ0n) is 9.05. The van der Waals surface area contributed by atoms with E-state index in [1.807, 2.05) is 6.92 Å². The standard InChI is InChI=1S/C10H14N2O3S/c1-8-6-9(13)10(11-7-8)12-2-4-16(14,15)5-3-12/h6-7,13H,2-5H2,1H3. The Morgan fingerprint density at radius 3 is 2.56 bits per heavy atom. The summed E-state index contributed by atoms with van der Waals surface area (Å²) in [5, 5.41) is 9.72. The molecule has 0 aromatic carbocycles. The van der Waals surface area contributed by atoms with Gasteiger partial charge in [-0.3, -0.25) is 0 Å². The second-order valence-electron chi connectivity index (χ2n) is 3.99. The molecule has 1 fully saturated rings. The molecule has 1 aromatic rings. The fourth-order valence-electron chi connectivity index (χ4n) is 1.71. The lowest BCUT2D eigenvalue weighted by Gasteiger charge is -2.28. The van der Waals surface area contributed by atoms with Gasteiger partial charge in [0, 0.05) is 19.3 Å². The number of rotatable bonds is 1. The molecule has 5 nitrogen and oxygen atoms in total. The molecular formula is C10H14N2O3S. The van der Waals surface area contributed by atoms with E-state index in [-0.39, 0.29) is 17.3 Å². The van der Waals surface area contributed by atoms with Crippen LogP contribution >= 0.6 is 0 Å². The van der Waals surface area contributed by atoms with E-state index in [0.29, 0.717) is 18.9 Å². The molecule has 0 spiro atoms. The molecule has 6 heteroatoms. The van der Waals surface area contributed by atoms with Gasteiger partial charge in [-0.05, 0) is 18.6 Å². The Kier molecular flexibility index (Phi) is 2.75. The van der Waals surface area contributed by atoms with Crippen molar-refractivity contribution < 1.29 is 13.5 Å². The average Bonchev–Trinajstić information content (AvgIpc) is 2.19. The molecule has 2 rings (SSSR count). The van der Waals surface area contributed by atoms with Crippen LogP contribution in [0.4, 0.5) is 5.82 Å². The lowest BCUT2D eigenvalue weighted by molar-refractivity contribution is 0.470. The molecule has 0 amide bonds. The fraction of sp³-hybridized carbons (Fsp3) is 0.500. The average molecular weight is 242 g/mol. The van der Waals surface area contributed by atoms with E-state index in [1.54, 1.807) is 17.2 Å². The smallest absolute Gasteiger partial charge is 0.171 e. The summed E-state index contributed by atoms with van der Waals surface area (Å²) in [4.78, 5) is 5.93. The first-order chi connectivity index (χ1) is 7.48. The van der Waals surface area contributed by atoms with Gasteiger partial charge in [0.05, 0.1) is 11.5 Å². The highest BCUT2D eigenvalue weighted by atomic mass is 32.2. The molecule has 0 atom stereocenters. The van der Waals surface area contributed by atoms with E-state index >= 15 is 0 Å². The number of anilines is 1. The highest BCUT2D eigenvalue weighted by Gasteiger charge is 2.23. The summed E-state index contributed by atoms with van der Waals surface area (Å²) < 4.78 is 22.5. The number of nitrogens with zero attached hydrogens (tertiary/aromatic N) is 2. The molecule has 0 radical (unpaired) electrons. The van der Waals surface area contributed by atoms with Crippen LogP contribution in [-0.2, 0) is 9.84 Å². The third-order valence-electron chi connectivity index (χ3n) is 2.63. The Hall–Kier alpha value is -1.30. The molecule has 0 aliphatic carbocycles. The first kappa shape index (κ1) is 11.2. The van der Waals surface area contributed by atoms with Crippen LogP contribution in [0.5, 0.6) is 5.75 Å². The van der Waals surface area contributed by atoms with Gasteiger partial charge in [-0.25, -0.2) is 13.4 Å². The molecule has 88 valence electrons. The number of hydrogen-bond donors (Lipinski definition) is 1. The van der Waals surface area contributed by atoms with Crippen LogP contribution in [0.25, 0.3) is 0 Å². The molecule has 1 aliphatic heterocycles. The summed E-state index contributed by atoms with van der Waals surface area (Å²) in [7, 11) is -2.90. The normalized spacial score (nSPS) is 19.7. The third-order valence-corrected chi connectivity index (χ3v) is 4.24. The summed E-state index contributed by atoms with van der Waals surface area (Å²) in [5.74, 6) is 0.837. The largest absolute Gasteiger partial charge is 0.504 e. The second kappa shape index (κ2) is 3.93. The third kappa shape index (κ3) is 2.27. The van der Waals surface area contributed by atoms with Crippen LogP contribution in [0.15, 0.2) is 12.3 Å². The van der Waals surface area contributed by atoms with Crippen molar-refractivity contribution in [2.45, 2.75) is 6.92 Å². The van der Waals surface area contributed by atoms with E-state index in [4.69, 9.17) is 0 Å². The van der Waals surface area contributed by atoms with Gasteiger partial charge in [-0.2, -0.15) is 0 Å². The Balaban J connectivity index is 2.20. The molecule has 1 saturated heterocycles. The molecule has 0 unspecified atom stereocenters. The zero-order valence-corrected chi connectivity index (χ0v) is 9.87. The molecule has 16 heavy (non-hydrogen) atoms. The molecule has 1 aromatic heterocycles. The minimum absolute atomic E-state index is 0.110. The van der Waals surface area contributed by atoms with Crippen LogP contribution in [0.1, 0.15) is 5.56 Å². The minimum atomic E-state index is -2.90. The van der Waals surface area contributed by atoms with Crippen molar-refractivity contribution in [3.8, 4) is 5.75 Å². The Bertz CT molecular complexity index is 485. The zero-order chi connectivity index (χ0) is 11.8. The topological polar surface area (TPSA) is 70.5 Å². The maximum atomic E-state index is 11.3. The maximum absolute atomic E-state index is 11.3. The summed E-state index contributed by atoms with van der Waals surface area (Å²) in [6.07, 6.45) is 1.66. The van der Waals surface area contributed by atoms with E-state index in [1.165, 1.54) is 0 Å². The summed E-state index contributed by atoms with van der Waals surface area (Å²) in [5.41, 5.74) is 0.880. The number of sulfone groups is 1. The Morgan fingerprint density at radius 1 is 1.38 bits per heavy atom. The van der Waals surface area contributed by atoms with Gasteiger partial charge in [-0.15, -0.1) is 0 Å². The number of pyridine rings is 1. The monoisotopic (exact) mass is 242 g/mol. The summed E-state index contributed by atoms with van der Waals surface area (Å²) >= 11 is 0. The van der Waals surface area contributed by atoms with Crippen LogP contribution in [0, 0.1) is 6.92 Å². The fourth-order valence-corrected chi connectivity index (χ4v) is 2.92. The molecular weight excluding hydrogens is 228 g/mol. The number of hydrogen-bond acceptors (Lipinski definition) is 5. The summed E-state index contributed by atoms with van der Waals surface area (Å²) in [6, 6.07) is 1.63. The molecule has 2 heterocycles. The molecule has 0 bridgehead atoms. The number of aryl methyl sites for hydroxylation is 1. The lowest BCUT2D eigenvalue weighted by Crippen LogP contribution is -2.40. The molecule has 1 aliphatic rings. The highest BCUT2D eigenvalue weighted by molar-refractivity contribution is 7.91. The van der Waals surface area contributed by atoms with Crippen LogP contribution < -0.4 is 4.90 Å². The highest BCUT2D eigenvalue weighted by Crippen LogP contribution is 2.26. The minimum Gasteiger partial charge on any atom is -0.504 e. The van der Waals surface area contributed by atoms with Gasteiger partial charge >= 0.3 is 0 Å². The van der Waals surface area contributed by atoms with Crippen LogP contribution in [0.3, 0.4) is 0 Å². The van der Waals surface area contributed by atoms with Gasteiger partial charge in [0.2, 0.25) is 0 Å². The van der Waals surface area contributed by atoms with Crippen molar-refractivity contribution in [3.63, 3.8) is 0 Å². The van der Waals surface area contributed by atoms with E-state index in [0.717, 1.165) is 5.56 Å². The van der Waals surface area contributed by atoms with Gasteiger partial charge in [0.25, 0.3) is 0 Å². The van der Waals surface area contributed by atoms with E-state index < -0.39 is 9.84 Å². The van der Waals surface area contributed by atoms with Gasteiger partial charge in [0.1, 0.15) is 0 Å². The van der Waals surface area contributed by atoms with Crippen molar-refractivity contribution in [1.82, 2.24) is 4.98 Å². The van der Waals surface area contributed by atoms with Crippen LogP contribution in [-0.4, -0.2) is 43.1 Å². The quantitative estimate of drug-likeness (QED) is 0.768. The van der Waals surface area contributed by atoms with Crippen molar-refractivity contribution in [2.75, 3.05) is 29.5 Å². The Labute approximate surface area is 94.6 Å². The van der Waals surface area contributed by atoms with Crippen molar-refractivity contribution >= 4 is 15.7 Å². The SMILES string of the molecule is Cc1cnc(N2CCS(=O)(=O)CC2)c(O)c1. The number of aromatic hydroxyl groups is 1. The lowest BCUT2D eigenvalue weighted by atomic mass is 10.3. The van der Waals surface area contributed by atoms with Gasteiger partial charge < -0.3 is 10.0 Å².